The molecule has 39 heavy (non-hydrogen) atoms. The van der Waals surface area contributed by atoms with Gasteiger partial charge in [0.05, 0.1) is 11.6 Å². The van der Waals surface area contributed by atoms with Crippen LogP contribution in [-0.2, 0) is 11.2 Å². The number of hydrogen-bond acceptors (Lipinski definition) is 5. The molecular weight excluding hydrogens is 545 g/mol. The zero-order valence-corrected chi connectivity index (χ0v) is 21.8. The summed E-state index contributed by atoms with van der Waals surface area (Å²) in [4.78, 5) is 35.5. The van der Waals surface area contributed by atoms with E-state index in [1.165, 1.54) is 18.2 Å². The molecule has 1 N–H and O–H groups in total. The highest BCUT2D eigenvalue weighted by Gasteiger charge is 2.67. The molecule has 4 rings (SSSR count). The fourth-order valence-corrected chi connectivity index (χ4v) is 4.12. The molecule has 1 fully saturated rings. The number of alkyl halides is 5. The van der Waals surface area contributed by atoms with E-state index in [-0.39, 0.29) is 42.5 Å². The minimum atomic E-state index is -5.44. The van der Waals surface area contributed by atoms with Crippen LogP contribution in [0.2, 0.25) is 5.02 Å². The number of aromatic amines is 1. The highest BCUT2D eigenvalue weighted by atomic mass is 35.5. The van der Waals surface area contributed by atoms with Crippen molar-refractivity contribution in [3.05, 3.63) is 63.5 Å². The maximum absolute atomic E-state index is 13.9. The van der Waals surface area contributed by atoms with Crippen molar-refractivity contribution in [3.8, 4) is 28.5 Å². The van der Waals surface area contributed by atoms with E-state index in [4.69, 9.17) is 16.3 Å². The summed E-state index contributed by atoms with van der Waals surface area (Å²) in [7, 11) is 0. The molecule has 0 bridgehead atoms. The second-order valence-corrected chi connectivity index (χ2v) is 10.3. The van der Waals surface area contributed by atoms with Crippen LogP contribution >= 0.6 is 11.6 Å². The summed E-state index contributed by atoms with van der Waals surface area (Å²) >= 11 is 6.31. The zero-order chi connectivity index (χ0) is 28.6. The monoisotopic (exact) mass is 569 g/mol. The number of aromatic nitrogens is 3. The van der Waals surface area contributed by atoms with Gasteiger partial charge in [0, 0.05) is 24.5 Å². The van der Waals surface area contributed by atoms with Crippen molar-refractivity contribution in [1.82, 2.24) is 15.0 Å². The first-order chi connectivity index (χ1) is 18.2. The maximum atomic E-state index is 13.9. The summed E-state index contributed by atoms with van der Waals surface area (Å²) in [6.07, 6.45) is -4.19. The second kappa shape index (κ2) is 10.7. The fraction of sp³-hybridized carbons (Fsp3) is 0.407. The molecule has 12 heteroatoms. The lowest BCUT2D eigenvalue weighted by molar-refractivity contribution is -0.274. The van der Waals surface area contributed by atoms with E-state index >= 15 is 0 Å². The summed E-state index contributed by atoms with van der Waals surface area (Å²) in [5.74, 6) is -4.55. The van der Waals surface area contributed by atoms with Crippen molar-refractivity contribution < 1.29 is 31.5 Å². The Morgan fingerprint density at radius 2 is 1.72 bits per heavy atom. The number of nitrogens with zero attached hydrogens (tertiary/aromatic N) is 2. The van der Waals surface area contributed by atoms with Crippen LogP contribution in [0.5, 0.6) is 5.75 Å². The number of halogens is 6. The van der Waals surface area contributed by atoms with Gasteiger partial charge in [-0.1, -0.05) is 17.7 Å². The first-order valence-corrected chi connectivity index (χ1v) is 12.5. The summed E-state index contributed by atoms with van der Waals surface area (Å²) < 4.78 is 73.8. The molecule has 1 atom stereocenters. The Morgan fingerprint density at radius 1 is 1.05 bits per heavy atom. The van der Waals surface area contributed by atoms with Crippen LogP contribution in [0.1, 0.15) is 38.7 Å². The number of hydrogen-bond donors (Lipinski definition) is 1. The number of nitrogens with one attached hydrogen (secondary N) is 1. The molecule has 3 aromatic rings. The lowest BCUT2D eigenvalue weighted by Crippen LogP contribution is -2.54. The zero-order valence-electron chi connectivity index (χ0n) is 21.0. The van der Waals surface area contributed by atoms with Gasteiger partial charge in [-0.15, -0.1) is 0 Å². The number of H-pyrrole nitrogens is 1. The number of carbonyl (C=O) groups is 1. The molecule has 1 aliphatic carbocycles. The predicted molar refractivity (Wildman–Crippen MR) is 135 cm³/mol. The Balaban J connectivity index is 1.56. The Hall–Kier alpha value is -3.34. The van der Waals surface area contributed by atoms with Crippen LogP contribution in [0.25, 0.3) is 22.8 Å². The molecule has 1 saturated carbocycles. The average molecular weight is 570 g/mol. The third kappa shape index (κ3) is 6.29. The number of rotatable bonds is 10. The lowest BCUT2D eigenvalue weighted by atomic mass is 9.77. The molecule has 2 aromatic carbocycles. The Labute approximate surface area is 225 Å². The molecule has 6 nitrogen and oxygen atoms in total. The molecule has 0 amide bonds. The molecule has 0 aliphatic heterocycles. The number of Topliss-reactive ketones (excluding diaryl/α,β-unsaturated/α-hetero) is 1. The van der Waals surface area contributed by atoms with E-state index < -0.39 is 35.4 Å². The van der Waals surface area contributed by atoms with Gasteiger partial charge in [0.2, 0.25) is 0 Å². The number of aryl methyl sites for hydroxylation is 1. The largest absolute Gasteiger partial charge is 0.493 e. The van der Waals surface area contributed by atoms with Crippen LogP contribution in [0.3, 0.4) is 0 Å². The standard InChI is InChI=1S/C27H25ClF5N3O3/c1-25(26(2,29)30,27(31,32)33)21(37)12-6-15-5-11-20(28)19(13-15)23-34-22(35-24(38)36-23)17-7-9-18(10-8-17)39-14-16-3-4-16/h5,7-11,13,16H,3-4,6,12,14H2,1-2H3,(H,34,35,36,38). The third-order valence-electron chi connectivity index (χ3n) is 6.87. The number of ketones is 1. The van der Waals surface area contributed by atoms with Crippen molar-refractivity contribution in [2.45, 2.75) is 51.6 Å². The number of benzene rings is 2. The minimum Gasteiger partial charge on any atom is -0.493 e. The third-order valence-corrected chi connectivity index (χ3v) is 7.20. The summed E-state index contributed by atoms with van der Waals surface area (Å²) in [6, 6.07) is 11.2. The van der Waals surface area contributed by atoms with Gasteiger partial charge >= 0.3 is 11.9 Å². The number of carbonyl (C=O) groups excluding carboxylic acids is 1. The van der Waals surface area contributed by atoms with Crippen LogP contribution in [0.15, 0.2) is 47.3 Å². The molecule has 0 saturated heterocycles. The lowest BCUT2D eigenvalue weighted by Gasteiger charge is -2.35. The smallest absolute Gasteiger partial charge is 0.406 e. The molecular formula is C27H25ClF5N3O3. The van der Waals surface area contributed by atoms with E-state index in [1.807, 2.05) is 0 Å². The van der Waals surface area contributed by atoms with Crippen LogP contribution < -0.4 is 10.4 Å². The van der Waals surface area contributed by atoms with Crippen LogP contribution in [-0.4, -0.2) is 39.4 Å². The van der Waals surface area contributed by atoms with Crippen molar-refractivity contribution >= 4 is 17.4 Å². The van der Waals surface area contributed by atoms with Crippen LogP contribution in [0.4, 0.5) is 22.0 Å². The summed E-state index contributed by atoms with van der Waals surface area (Å²) in [6.45, 7) is 0.930. The SMILES string of the molecule is CC(F)(F)C(C)(C(=O)CCc1ccc(Cl)c(-c2nc(-c3ccc(OCC4CC4)cc3)nc(=O)[nH]2)c1)C(F)(F)F. The first-order valence-electron chi connectivity index (χ1n) is 12.2. The van der Waals surface area contributed by atoms with Gasteiger partial charge in [-0.3, -0.25) is 9.78 Å². The van der Waals surface area contributed by atoms with Gasteiger partial charge in [0.1, 0.15) is 11.6 Å². The van der Waals surface area contributed by atoms with Crippen molar-refractivity contribution in [2.24, 2.45) is 11.3 Å². The number of ether oxygens (including phenoxy) is 1. The molecule has 0 spiro atoms. The van der Waals surface area contributed by atoms with E-state index in [9.17, 15) is 31.5 Å². The summed E-state index contributed by atoms with van der Waals surface area (Å²) in [5, 5.41) is 0.162. The van der Waals surface area contributed by atoms with Gasteiger partial charge in [-0.2, -0.15) is 18.2 Å². The molecule has 0 radical (unpaired) electrons. The van der Waals surface area contributed by atoms with Gasteiger partial charge in [-0.05, 0) is 74.1 Å². The van der Waals surface area contributed by atoms with Gasteiger partial charge in [0.15, 0.2) is 17.0 Å². The molecule has 1 heterocycles. The van der Waals surface area contributed by atoms with Gasteiger partial charge in [-0.25, -0.2) is 18.6 Å². The Morgan fingerprint density at radius 3 is 2.31 bits per heavy atom. The maximum Gasteiger partial charge on any atom is 0.406 e. The molecule has 1 aromatic heterocycles. The van der Waals surface area contributed by atoms with E-state index in [1.54, 1.807) is 24.3 Å². The Bertz CT molecular complexity index is 1400. The van der Waals surface area contributed by atoms with E-state index in [0.717, 1.165) is 12.8 Å². The molecule has 1 unspecified atom stereocenters. The molecule has 208 valence electrons. The van der Waals surface area contributed by atoms with Gasteiger partial charge in [0.25, 0.3) is 5.92 Å². The minimum absolute atomic E-state index is 0.0393. The predicted octanol–water partition coefficient (Wildman–Crippen LogP) is 6.67. The summed E-state index contributed by atoms with van der Waals surface area (Å²) in [5.41, 5.74) is -3.45. The van der Waals surface area contributed by atoms with Crippen LogP contribution in [0, 0.1) is 11.3 Å². The van der Waals surface area contributed by atoms with Crippen molar-refractivity contribution in [1.29, 1.82) is 0 Å². The van der Waals surface area contributed by atoms with Crippen molar-refractivity contribution in [2.75, 3.05) is 6.61 Å². The van der Waals surface area contributed by atoms with Gasteiger partial charge < -0.3 is 4.74 Å². The fourth-order valence-electron chi connectivity index (χ4n) is 3.91. The highest BCUT2D eigenvalue weighted by Crippen LogP contribution is 2.50. The first kappa shape index (κ1) is 28.7. The van der Waals surface area contributed by atoms with E-state index in [0.29, 0.717) is 29.4 Å². The normalized spacial score (nSPS) is 15.6. The van der Waals surface area contributed by atoms with Crippen molar-refractivity contribution in [3.63, 3.8) is 0 Å². The highest BCUT2D eigenvalue weighted by molar-refractivity contribution is 6.33. The second-order valence-electron chi connectivity index (χ2n) is 9.85. The molecule has 1 aliphatic rings. The average Bonchev–Trinajstić information content (AvgIpc) is 3.69. The Kier molecular flexibility index (Phi) is 7.84. The quantitative estimate of drug-likeness (QED) is 0.276. The topological polar surface area (TPSA) is 84.9 Å². The van der Waals surface area contributed by atoms with E-state index in [2.05, 4.69) is 15.0 Å².